The fraction of sp³-hybridized carbons (Fsp3) is 0.269. The van der Waals surface area contributed by atoms with Gasteiger partial charge in [0, 0.05) is 5.69 Å². The topological polar surface area (TPSA) is 122 Å². The van der Waals surface area contributed by atoms with E-state index in [1.54, 1.807) is 30.3 Å². The second kappa shape index (κ2) is 10.8. The lowest BCUT2D eigenvalue weighted by molar-refractivity contribution is -0.116. The molecule has 0 heterocycles. The summed E-state index contributed by atoms with van der Waals surface area (Å²) >= 11 is 0. The maximum atomic E-state index is 13.0. The van der Waals surface area contributed by atoms with Crippen LogP contribution in [0.2, 0.25) is 0 Å². The number of aryl methyl sites for hydroxylation is 3. The first-order valence-electron chi connectivity index (χ1n) is 11.4. The Bertz CT molecular complexity index is 1500. The number of carbonyl (C=O) groups is 1. The molecule has 0 bridgehead atoms. The monoisotopic (exact) mass is 545 g/mol. The third-order valence-corrected chi connectivity index (χ3v) is 8.20. The lowest BCUT2D eigenvalue weighted by atomic mass is 10.1. The number of nitrogens with one attached hydrogen (secondary N) is 2. The van der Waals surface area contributed by atoms with Crippen molar-refractivity contribution in [3.8, 4) is 5.75 Å². The van der Waals surface area contributed by atoms with E-state index in [-0.39, 0.29) is 4.90 Å². The van der Waals surface area contributed by atoms with E-state index >= 15 is 0 Å². The van der Waals surface area contributed by atoms with Gasteiger partial charge in [-0.25, -0.2) is 16.8 Å². The first-order valence-corrected chi connectivity index (χ1v) is 14.7. The average Bonchev–Trinajstić information content (AvgIpc) is 2.78. The van der Waals surface area contributed by atoms with Gasteiger partial charge in [-0.3, -0.25) is 13.8 Å². The van der Waals surface area contributed by atoms with E-state index in [2.05, 4.69) is 10.0 Å². The minimum absolute atomic E-state index is 0.0184. The van der Waals surface area contributed by atoms with Gasteiger partial charge in [0.1, 0.15) is 11.8 Å². The quantitative estimate of drug-likeness (QED) is 0.415. The molecule has 1 amide bonds. The smallest absolute Gasteiger partial charge is 0.262 e. The molecule has 0 radical (unpaired) electrons. The van der Waals surface area contributed by atoms with Crippen LogP contribution >= 0.6 is 0 Å². The van der Waals surface area contributed by atoms with E-state index in [4.69, 9.17) is 4.74 Å². The molecule has 3 rings (SSSR count). The van der Waals surface area contributed by atoms with Gasteiger partial charge in [0.25, 0.3) is 10.0 Å². The van der Waals surface area contributed by atoms with Crippen molar-refractivity contribution in [2.75, 3.05) is 27.7 Å². The largest absolute Gasteiger partial charge is 0.495 e. The Morgan fingerprint density at radius 3 is 2.00 bits per heavy atom. The number of hydrogen-bond donors (Lipinski definition) is 2. The molecule has 0 spiro atoms. The molecule has 0 aliphatic heterocycles. The number of benzene rings is 3. The normalized spacial score (nSPS) is 12.5. The highest BCUT2D eigenvalue weighted by Crippen LogP contribution is 2.28. The van der Waals surface area contributed by atoms with Gasteiger partial charge in [0.2, 0.25) is 15.9 Å². The van der Waals surface area contributed by atoms with Crippen LogP contribution in [0.5, 0.6) is 5.75 Å². The molecule has 11 heteroatoms. The Morgan fingerprint density at radius 1 is 0.865 bits per heavy atom. The second-order valence-electron chi connectivity index (χ2n) is 8.90. The highest BCUT2D eigenvalue weighted by molar-refractivity contribution is 7.92. The van der Waals surface area contributed by atoms with Crippen LogP contribution < -0.4 is 19.1 Å². The molecule has 3 aromatic rings. The van der Waals surface area contributed by atoms with Crippen LogP contribution in [0.15, 0.2) is 65.6 Å². The zero-order valence-corrected chi connectivity index (χ0v) is 23.2. The van der Waals surface area contributed by atoms with Crippen LogP contribution in [-0.4, -0.2) is 42.2 Å². The van der Waals surface area contributed by atoms with Crippen molar-refractivity contribution < 1.29 is 26.4 Å². The first kappa shape index (κ1) is 28.0. The van der Waals surface area contributed by atoms with Crippen LogP contribution in [0.4, 0.5) is 17.1 Å². The lowest BCUT2D eigenvalue weighted by Gasteiger charge is -2.28. The lowest BCUT2D eigenvalue weighted by Crippen LogP contribution is -2.45. The average molecular weight is 546 g/mol. The summed E-state index contributed by atoms with van der Waals surface area (Å²) in [6, 6.07) is 15.0. The number of anilines is 3. The zero-order chi connectivity index (χ0) is 27.5. The molecule has 0 saturated heterocycles. The minimum atomic E-state index is -3.93. The van der Waals surface area contributed by atoms with E-state index in [0.29, 0.717) is 22.8 Å². The Hall–Kier alpha value is -3.57. The molecule has 3 aromatic carbocycles. The maximum Gasteiger partial charge on any atom is 0.262 e. The zero-order valence-electron chi connectivity index (χ0n) is 21.6. The Kier molecular flexibility index (Phi) is 8.19. The number of rotatable bonds is 9. The molecule has 1 atom stereocenters. The van der Waals surface area contributed by atoms with Gasteiger partial charge in [-0.1, -0.05) is 12.1 Å². The molecule has 2 N–H and O–H groups in total. The van der Waals surface area contributed by atoms with Crippen LogP contribution in [0, 0.1) is 20.8 Å². The van der Waals surface area contributed by atoms with Crippen molar-refractivity contribution in [1.82, 2.24) is 0 Å². The second-order valence-corrected chi connectivity index (χ2v) is 12.4. The van der Waals surface area contributed by atoms with E-state index in [1.807, 2.05) is 26.8 Å². The molecule has 37 heavy (non-hydrogen) atoms. The molecule has 0 unspecified atom stereocenters. The summed E-state index contributed by atoms with van der Waals surface area (Å²) in [4.78, 5) is 13.0. The predicted octanol–water partition coefficient (Wildman–Crippen LogP) is 4.21. The fourth-order valence-corrected chi connectivity index (χ4v) is 6.18. The highest BCUT2D eigenvalue weighted by atomic mass is 32.2. The van der Waals surface area contributed by atoms with Crippen molar-refractivity contribution in [3.63, 3.8) is 0 Å². The third-order valence-electron chi connectivity index (χ3n) is 5.58. The molecule has 0 saturated carbocycles. The van der Waals surface area contributed by atoms with E-state index in [9.17, 15) is 21.6 Å². The molecule has 0 aliphatic rings. The molecule has 0 fully saturated rings. The summed E-state index contributed by atoms with van der Waals surface area (Å²) < 4.78 is 59.8. The van der Waals surface area contributed by atoms with Gasteiger partial charge < -0.3 is 10.1 Å². The van der Waals surface area contributed by atoms with Crippen molar-refractivity contribution in [1.29, 1.82) is 0 Å². The number of ether oxygens (including phenoxy) is 1. The summed E-state index contributed by atoms with van der Waals surface area (Å²) in [6.07, 6.45) is 1.05. The van der Waals surface area contributed by atoms with E-state index in [1.165, 1.54) is 38.3 Å². The van der Waals surface area contributed by atoms with Crippen molar-refractivity contribution in [2.45, 2.75) is 38.6 Å². The number of methoxy groups -OCH3 is 1. The van der Waals surface area contributed by atoms with Crippen molar-refractivity contribution in [2.24, 2.45) is 0 Å². The van der Waals surface area contributed by atoms with E-state index in [0.717, 1.165) is 27.3 Å². The molecular formula is C26H31N3O6S2. The van der Waals surface area contributed by atoms with Gasteiger partial charge in [-0.15, -0.1) is 0 Å². The summed E-state index contributed by atoms with van der Waals surface area (Å²) in [5, 5.41) is 2.67. The summed E-state index contributed by atoms with van der Waals surface area (Å²) in [5.41, 5.74) is 3.60. The van der Waals surface area contributed by atoms with Crippen molar-refractivity contribution in [3.05, 3.63) is 77.4 Å². The number of amides is 1. The minimum Gasteiger partial charge on any atom is -0.495 e. The van der Waals surface area contributed by atoms with Crippen LogP contribution in [0.1, 0.15) is 23.6 Å². The fourth-order valence-electron chi connectivity index (χ4n) is 3.96. The van der Waals surface area contributed by atoms with Crippen molar-refractivity contribution >= 4 is 43.0 Å². The molecule has 0 aliphatic carbocycles. The number of hydrogen-bond acceptors (Lipinski definition) is 6. The van der Waals surface area contributed by atoms with Crippen LogP contribution in [0.25, 0.3) is 0 Å². The SMILES string of the molecule is COc1ccc(C)cc1NS(=O)(=O)c1ccc(NC(=O)[C@@H](C)N(c2cc(C)cc(C)c2)S(C)(=O)=O)cc1. The number of carbonyl (C=O) groups excluding carboxylic acids is 1. The first-order chi connectivity index (χ1) is 17.2. The summed E-state index contributed by atoms with van der Waals surface area (Å²) in [5.74, 6) is -0.186. The third kappa shape index (κ3) is 6.80. The van der Waals surface area contributed by atoms with Gasteiger partial charge in [0.15, 0.2) is 0 Å². The number of sulfonamides is 2. The Balaban J connectivity index is 1.80. The summed E-state index contributed by atoms with van der Waals surface area (Å²) in [6.45, 7) is 7.02. The molecule has 9 nitrogen and oxygen atoms in total. The van der Waals surface area contributed by atoms with Gasteiger partial charge in [-0.05, 0) is 92.9 Å². The molecule has 198 valence electrons. The van der Waals surface area contributed by atoms with Crippen LogP contribution in [-0.2, 0) is 24.8 Å². The van der Waals surface area contributed by atoms with E-state index < -0.39 is 32.0 Å². The Labute approximate surface area is 218 Å². The van der Waals surface area contributed by atoms with Gasteiger partial charge in [-0.2, -0.15) is 0 Å². The number of nitrogens with zero attached hydrogens (tertiary/aromatic N) is 1. The van der Waals surface area contributed by atoms with Gasteiger partial charge in [0.05, 0.1) is 29.6 Å². The molecular weight excluding hydrogens is 514 g/mol. The predicted molar refractivity (Wildman–Crippen MR) is 146 cm³/mol. The highest BCUT2D eigenvalue weighted by Gasteiger charge is 2.29. The Morgan fingerprint density at radius 2 is 1.46 bits per heavy atom. The summed E-state index contributed by atoms with van der Waals surface area (Å²) in [7, 11) is -6.26. The standard InChI is InChI=1S/C26H31N3O6S2/c1-17-7-12-25(35-5)24(16-17)28-37(33,34)23-10-8-21(9-11-23)27-26(30)20(4)29(36(6,31)32)22-14-18(2)13-19(3)15-22/h7-16,20,28H,1-6H3,(H,27,30)/t20-/m1/s1. The molecule has 0 aromatic heterocycles. The van der Waals surface area contributed by atoms with Crippen LogP contribution in [0.3, 0.4) is 0 Å². The maximum absolute atomic E-state index is 13.0. The van der Waals surface area contributed by atoms with Gasteiger partial charge >= 0.3 is 0 Å².